The lowest BCUT2D eigenvalue weighted by Crippen LogP contribution is -2.20. The molecule has 61 heavy (non-hydrogen) atoms. The number of aromatic amines is 4. The molecular formula is C46H35N15. The number of H-pyrrole nitrogens is 4. The van der Waals surface area contributed by atoms with Crippen molar-refractivity contribution in [3.63, 3.8) is 0 Å². The van der Waals surface area contributed by atoms with Gasteiger partial charge in [-0.1, -0.05) is 42.5 Å². The molecule has 0 fully saturated rings. The van der Waals surface area contributed by atoms with Gasteiger partial charge in [-0.25, -0.2) is 29.9 Å². The van der Waals surface area contributed by atoms with E-state index in [2.05, 4.69) is 52.7 Å². The molecule has 0 unspecified atom stereocenters. The highest BCUT2D eigenvalue weighted by Crippen LogP contribution is 2.37. The molecule has 2 aromatic carbocycles. The second kappa shape index (κ2) is 13.7. The van der Waals surface area contributed by atoms with E-state index in [1.165, 1.54) is 5.57 Å². The summed E-state index contributed by atoms with van der Waals surface area (Å²) in [5, 5.41) is 19.4. The average Bonchev–Trinajstić information content (AvgIpc) is 4.16. The van der Waals surface area contributed by atoms with E-state index in [0.717, 1.165) is 109 Å². The van der Waals surface area contributed by atoms with Crippen molar-refractivity contribution in [2.75, 3.05) is 13.1 Å². The van der Waals surface area contributed by atoms with E-state index in [-0.39, 0.29) is 0 Å². The summed E-state index contributed by atoms with van der Waals surface area (Å²) in [6, 6.07) is 30.2. The number of hydrogen-bond acceptors (Lipinski definition) is 10. The van der Waals surface area contributed by atoms with Crippen molar-refractivity contribution < 1.29 is 0 Å². The molecule has 0 aliphatic carbocycles. The van der Waals surface area contributed by atoms with Gasteiger partial charge in [0.15, 0.2) is 23.0 Å². The van der Waals surface area contributed by atoms with Crippen molar-refractivity contribution in [2.45, 2.75) is 13.3 Å². The van der Waals surface area contributed by atoms with Crippen molar-refractivity contribution in [2.24, 2.45) is 7.05 Å². The molecule has 10 heterocycles. The van der Waals surface area contributed by atoms with E-state index < -0.39 is 0 Å². The molecule has 294 valence electrons. The van der Waals surface area contributed by atoms with Gasteiger partial charge in [-0.15, -0.1) is 0 Å². The van der Waals surface area contributed by atoms with Gasteiger partial charge in [0.05, 0.1) is 73.5 Å². The van der Waals surface area contributed by atoms with E-state index in [1.807, 2.05) is 110 Å². The Balaban J connectivity index is 0.968. The molecule has 15 nitrogen and oxygen atoms in total. The maximum absolute atomic E-state index is 5.30. The largest absolute Gasteiger partial charge is 0.336 e. The summed E-state index contributed by atoms with van der Waals surface area (Å²) in [4.78, 5) is 41.9. The molecule has 9 aromatic heterocycles. The van der Waals surface area contributed by atoms with Crippen LogP contribution < -0.4 is 5.32 Å². The normalized spacial score (nSPS) is 13.2. The van der Waals surface area contributed by atoms with Crippen molar-refractivity contribution in [3.8, 4) is 68.2 Å². The second-order valence-corrected chi connectivity index (χ2v) is 15.1. The summed E-state index contributed by atoms with van der Waals surface area (Å²) in [6.07, 6.45) is 6.69. The Morgan fingerprint density at radius 1 is 0.574 bits per heavy atom. The van der Waals surface area contributed by atoms with Gasteiger partial charge in [-0.05, 0) is 80.1 Å². The van der Waals surface area contributed by atoms with Crippen LogP contribution in [-0.4, -0.2) is 82.9 Å². The average molecular weight is 798 g/mol. The molecule has 0 spiro atoms. The molecule has 1 aliphatic heterocycles. The van der Waals surface area contributed by atoms with Crippen molar-refractivity contribution in [1.82, 2.24) is 75.1 Å². The highest BCUT2D eigenvalue weighted by molar-refractivity contribution is 6.01. The number of aryl methyl sites for hydroxylation is 1. The Labute approximate surface area is 346 Å². The Hall–Kier alpha value is -8.17. The van der Waals surface area contributed by atoms with Crippen LogP contribution in [0.1, 0.15) is 17.9 Å². The van der Waals surface area contributed by atoms with Crippen LogP contribution in [0, 0.1) is 6.92 Å². The molecular weight excluding hydrogens is 763 g/mol. The Morgan fingerprint density at radius 3 is 2.00 bits per heavy atom. The predicted octanol–water partition coefficient (Wildman–Crippen LogP) is 8.19. The topological polar surface area (TPSA) is 196 Å². The fraction of sp³-hybridized carbons (Fsp3) is 0.109. The number of hydrogen-bond donors (Lipinski definition) is 5. The number of para-hydroxylation sites is 2. The highest BCUT2D eigenvalue weighted by atomic mass is 15.2. The van der Waals surface area contributed by atoms with Crippen LogP contribution >= 0.6 is 0 Å². The summed E-state index contributed by atoms with van der Waals surface area (Å²) in [6.45, 7) is 3.62. The molecule has 11 aromatic rings. The van der Waals surface area contributed by atoms with Gasteiger partial charge in [0, 0.05) is 36.5 Å². The molecule has 15 heteroatoms. The van der Waals surface area contributed by atoms with Gasteiger partial charge in [0.1, 0.15) is 16.9 Å². The predicted molar refractivity (Wildman–Crippen MR) is 236 cm³/mol. The van der Waals surface area contributed by atoms with Gasteiger partial charge < -0.3 is 19.9 Å². The summed E-state index contributed by atoms with van der Waals surface area (Å²) < 4.78 is 2.02. The number of pyridine rings is 4. The third-order valence-corrected chi connectivity index (χ3v) is 11.5. The van der Waals surface area contributed by atoms with Crippen LogP contribution in [0.15, 0.2) is 109 Å². The van der Waals surface area contributed by atoms with Gasteiger partial charge in [0.25, 0.3) is 0 Å². The lowest BCUT2D eigenvalue weighted by molar-refractivity contribution is 0.737. The standard InChI is InChI=1S/C46H35N15/c1-24-49-23-37(61(24)2)32-15-16-35-41(51-32)43(59-57-35)45-53-34-14-6-9-27(39(34)56-45)30-11-7-12-31(50-30)28-22-36(25-17-20-47-21-18-25)52-42-40(28)58-60-44(42)46-54-33-13-5-8-26(38(33)55-46)29-10-3-4-19-48-29/h3-17,19,22-23,47H,18,20-21H2,1-2H3,(H,53,56)(H,54,55)(H,57,59)(H,58,60). The van der Waals surface area contributed by atoms with Crippen LogP contribution in [0.3, 0.4) is 0 Å². The third-order valence-electron chi connectivity index (χ3n) is 11.5. The number of aromatic nitrogens is 14. The molecule has 1 aliphatic rings. The third kappa shape index (κ3) is 5.73. The monoisotopic (exact) mass is 797 g/mol. The van der Waals surface area contributed by atoms with Gasteiger partial charge in [0.2, 0.25) is 0 Å². The van der Waals surface area contributed by atoms with E-state index in [9.17, 15) is 0 Å². The summed E-state index contributed by atoms with van der Waals surface area (Å²) in [7, 11) is 1.99. The molecule has 0 radical (unpaired) electrons. The molecule has 0 saturated carbocycles. The zero-order chi connectivity index (χ0) is 40.6. The Bertz CT molecular complexity index is 3530. The molecule has 0 saturated heterocycles. The van der Waals surface area contributed by atoms with Gasteiger partial charge in [-0.2, -0.15) is 10.2 Å². The van der Waals surface area contributed by atoms with E-state index in [0.29, 0.717) is 34.1 Å². The smallest absolute Gasteiger partial charge is 0.161 e. The summed E-state index contributed by atoms with van der Waals surface area (Å²) >= 11 is 0. The zero-order valence-corrected chi connectivity index (χ0v) is 33.0. The first-order valence-corrected chi connectivity index (χ1v) is 20.0. The number of nitrogens with zero attached hydrogens (tertiary/aromatic N) is 10. The molecule has 12 rings (SSSR count). The van der Waals surface area contributed by atoms with Crippen LogP contribution in [0.5, 0.6) is 0 Å². The Kier molecular flexibility index (Phi) is 7.83. The number of imidazole rings is 3. The second-order valence-electron chi connectivity index (χ2n) is 15.1. The minimum atomic E-state index is 0.606. The van der Waals surface area contributed by atoms with Crippen LogP contribution in [0.25, 0.3) is 118 Å². The number of fused-ring (bicyclic) bond motifs is 4. The van der Waals surface area contributed by atoms with Crippen molar-refractivity contribution in [3.05, 3.63) is 121 Å². The van der Waals surface area contributed by atoms with E-state index in [4.69, 9.17) is 30.0 Å². The fourth-order valence-electron chi connectivity index (χ4n) is 8.29. The van der Waals surface area contributed by atoms with Crippen LogP contribution in [-0.2, 0) is 7.05 Å². The SMILES string of the molecule is Cc1ncc(-c2ccc3[nH]nc(-c4nc5c(-c6cccc(-c7cc(C8=CCNCC8)nc8c(-c9nc%10c(-c%11ccccn%11)cccc%10[nH]9)n[nH]c78)n6)cccc5[nH]4)c3n2)n1C. The van der Waals surface area contributed by atoms with Crippen molar-refractivity contribution >= 4 is 49.7 Å². The van der Waals surface area contributed by atoms with Gasteiger partial charge in [-0.3, -0.25) is 15.2 Å². The first kappa shape index (κ1) is 34.8. The Morgan fingerprint density at radius 2 is 1.28 bits per heavy atom. The quantitative estimate of drug-likeness (QED) is 0.105. The first-order chi connectivity index (χ1) is 30.0. The first-order valence-electron chi connectivity index (χ1n) is 20.0. The zero-order valence-electron chi connectivity index (χ0n) is 33.0. The minimum Gasteiger partial charge on any atom is -0.336 e. The molecule has 5 N–H and O–H groups in total. The van der Waals surface area contributed by atoms with Gasteiger partial charge >= 0.3 is 0 Å². The van der Waals surface area contributed by atoms with Crippen LogP contribution in [0.4, 0.5) is 0 Å². The summed E-state index contributed by atoms with van der Waals surface area (Å²) in [5.74, 6) is 2.13. The molecule has 0 atom stereocenters. The highest BCUT2D eigenvalue weighted by Gasteiger charge is 2.23. The number of nitrogens with one attached hydrogen (secondary N) is 5. The summed E-state index contributed by atoms with van der Waals surface area (Å²) in [5.41, 5.74) is 16.5. The minimum absolute atomic E-state index is 0.606. The maximum Gasteiger partial charge on any atom is 0.161 e. The number of rotatable bonds is 7. The van der Waals surface area contributed by atoms with E-state index >= 15 is 0 Å². The molecule has 0 amide bonds. The fourth-order valence-corrected chi connectivity index (χ4v) is 8.29. The molecule has 0 bridgehead atoms. The number of benzene rings is 2. The van der Waals surface area contributed by atoms with Crippen LogP contribution in [0.2, 0.25) is 0 Å². The van der Waals surface area contributed by atoms with E-state index in [1.54, 1.807) is 6.20 Å². The lowest BCUT2D eigenvalue weighted by Gasteiger charge is -2.15. The lowest BCUT2D eigenvalue weighted by atomic mass is 10.0. The maximum atomic E-state index is 5.30. The van der Waals surface area contributed by atoms with Crippen molar-refractivity contribution in [1.29, 1.82) is 0 Å².